The number of nitrogens with zero attached hydrogens (tertiary/aromatic N) is 3. The van der Waals surface area contributed by atoms with Crippen molar-refractivity contribution in [3.63, 3.8) is 0 Å². The van der Waals surface area contributed by atoms with Crippen molar-refractivity contribution in [1.29, 1.82) is 0 Å². The van der Waals surface area contributed by atoms with E-state index in [1.54, 1.807) is 11.2 Å². The van der Waals surface area contributed by atoms with Crippen molar-refractivity contribution in [2.45, 2.75) is 13.0 Å². The van der Waals surface area contributed by atoms with Crippen molar-refractivity contribution in [1.82, 2.24) is 0 Å². The predicted octanol–water partition coefficient (Wildman–Crippen LogP) is 3.20. The normalized spacial score (nSPS) is 18.3. The molecule has 24 heavy (non-hydrogen) atoms. The second kappa shape index (κ2) is 7.04. The van der Waals surface area contributed by atoms with Gasteiger partial charge in [-0.05, 0) is 23.8 Å². The van der Waals surface area contributed by atoms with Crippen LogP contribution in [-0.2, 0) is 4.79 Å². The van der Waals surface area contributed by atoms with Gasteiger partial charge in [0.2, 0.25) is 11.8 Å². The van der Waals surface area contributed by atoms with Crippen LogP contribution < -0.4 is 5.01 Å². The fraction of sp³-hybridized carbons (Fsp3) is 0.150. The van der Waals surface area contributed by atoms with Crippen LogP contribution in [0.4, 0.5) is 5.69 Å². The van der Waals surface area contributed by atoms with Crippen LogP contribution in [0.2, 0.25) is 0 Å². The molecule has 2 aromatic rings. The van der Waals surface area contributed by atoms with E-state index >= 15 is 0 Å². The van der Waals surface area contributed by atoms with Gasteiger partial charge in [0.15, 0.2) is 7.05 Å². The Balaban J connectivity index is 1.76. The Labute approximate surface area is 142 Å². The van der Waals surface area contributed by atoms with E-state index in [-0.39, 0.29) is 5.91 Å². The highest BCUT2D eigenvalue weighted by molar-refractivity contribution is 6.15. The molecule has 1 aliphatic rings. The lowest BCUT2D eigenvalue weighted by molar-refractivity contribution is -0.495. The maximum Gasteiger partial charge on any atom is 0.318 e. The average Bonchev–Trinajstić information content (AvgIpc) is 2.83. The molecule has 1 heterocycles. The van der Waals surface area contributed by atoms with Gasteiger partial charge in [-0.2, -0.15) is 0 Å². The lowest BCUT2D eigenvalue weighted by atomic mass is 10.2. The molecule has 1 aliphatic heterocycles. The van der Waals surface area contributed by atoms with E-state index in [1.165, 1.54) is 0 Å². The van der Waals surface area contributed by atoms with Crippen LogP contribution in [0, 0.1) is 0 Å². The molecule has 3 rings (SSSR count). The molecule has 0 saturated carbocycles. The van der Waals surface area contributed by atoms with Gasteiger partial charge in [-0.15, -0.1) is 4.68 Å². The number of hydrogen-bond donors (Lipinski definition) is 0. The van der Waals surface area contributed by atoms with Crippen LogP contribution in [0.1, 0.15) is 12.5 Å². The molecule has 0 N–H and O–H groups in total. The van der Waals surface area contributed by atoms with Gasteiger partial charge in [0.1, 0.15) is 5.69 Å². The lowest BCUT2D eigenvalue weighted by Crippen LogP contribution is -2.35. The monoisotopic (exact) mass is 318 g/mol. The molecule has 0 aliphatic carbocycles. The van der Waals surface area contributed by atoms with Crippen molar-refractivity contribution < 1.29 is 9.48 Å². The van der Waals surface area contributed by atoms with Gasteiger partial charge >= 0.3 is 5.91 Å². The van der Waals surface area contributed by atoms with Crippen LogP contribution in [0.3, 0.4) is 0 Å². The second-order valence-electron chi connectivity index (χ2n) is 5.62. The molecule has 2 aromatic carbocycles. The number of benzene rings is 2. The second-order valence-corrected chi connectivity index (χ2v) is 5.62. The SMILES string of the molecule is CC1=[N+](C)N(c2ccccc2)C(=O)[C@H]1N=C/C=C/c1ccccc1. The van der Waals surface area contributed by atoms with Gasteiger partial charge in [0.05, 0.1) is 0 Å². The zero-order valence-electron chi connectivity index (χ0n) is 13.8. The zero-order chi connectivity index (χ0) is 16.9. The van der Waals surface area contributed by atoms with Gasteiger partial charge in [0.25, 0.3) is 0 Å². The molecular formula is C20H20N3O+. The molecule has 0 radical (unpaired) electrons. The van der Waals surface area contributed by atoms with Crippen LogP contribution in [-0.4, -0.2) is 35.6 Å². The first kappa shape index (κ1) is 15.9. The molecule has 0 aromatic heterocycles. The summed E-state index contributed by atoms with van der Waals surface area (Å²) in [6, 6.07) is 19.1. The average molecular weight is 318 g/mol. The number of amides is 1. The number of aliphatic imine (C=N–C) groups is 1. The third kappa shape index (κ3) is 3.18. The molecule has 4 heteroatoms. The summed E-state index contributed by atoms with van der Waals surface area (Å²) in [7, 11) is 1.88. The number of rotatable bonds is 4. The molecule has 0 saturated heterocycles. The summed E-state index contributed by atoms with van der Waals surface area (Å²) in [4.78, 5) is 17.2. The molecule has 1 amide bonds. The van der Waals surface area contributed by atoms with Gasteiger partial charge < -0.3 is 0 Å². The first-order valence-corrected chi connectivity index (χ1v) is 7.89. The Morgan fingerprint density at radius 1 is 1.04 bits per heavy atom. The van der Waals surface area contributed by atoms with Crippen molar-refractivity contribution in [2.24, 2.45) is 4.99 Å². The topological polar surface area (TPSA) is 35.7 Å². The van der Waals surface area contributed by atoms with Crippen LogP contribution in [0.5, 0.6) is 0 Å². The van der Waals surface area contributed by atoms with Gasteiger partial charge in [-0.1, -0.05) is 59.6 Å². The van der Waals surface area contributed by atoms with E-state index in [2.05, 4.69) is 4.99 Å². The maximum atomic E-state index is 12.7. The maximum absolute atomic E-state index is 12.7. The van der Waals surface area contributed by atoms with E-state index in [4.69, 9.17) is 0 Å². The molecular weight excluding hydrogens is 298 g/mol. The number of para-hydroxylation sites is 1. The fourth-order valence-corrected chi connectivity index (χ4v) is 2.67. The number of hydrazine groups is 1. The Hall–Kier alpha value is -3.01. The quantitative estimate of drug-likeness (QED) is 0.630. The molecule has 0 spiro atoms. The van der Waals surface area contributed by atoms with E-state index < -0.39 is 6.04 Å². The smallest absolute Gasteiger partial charge is 0.269 e. The highest BCUT2D eigenvalue weighted by atomic mass is 16.2. The van der Waals surface area contributed by atoms with E-state index in [0.29, 0.717) is 0 Å². The molecule has 0 unspecified atom stereocenters. The molecule has 0 fully saturated rings. The minimum atomic E-state index is -0.476. The number of allylic oxidation sites excluding steroid dienone is 1. The van der Waals surface area contributed by atoms with E-state index in [0.717, 1.165) is 17.0 Å². The standard InChI is InChI=1S/C20H20N3O/c1-16-19(21-15-9-12-17-10-5-3-6-11-17)20(24)23(22(16)2)18-13-7-4-8-14-18/h3-15,19H,1-2H3/q+1/b12-9+,21-15?/t19-/m0/s1. The largest absolute Gasteiger partial charge is 0.318 e. The van der Waals surface area contributed by atoms with Gasteiger partial charge in [-0.3, -0.25) is 9.79 Å². The van der Waals surface area contributed by atoms with Crippen molar-refractivity contribution >= 4 is 29.6 Å². The Morgan fingerprint density at radius 3 is 2.33 bits per heavy atom. The van der Waals surface area contributed by atoms with E-state index in [1.807, 2.05) is 91.5 Å². The van der Waals surface area contributed by atoms with Gasteiger partial charge in [0, 0.05) is 13.1 Å². The molecule has 4 nitrogen and oxygen atoms in total. The summed E-state index contributed by atoms with van der Waals surface area (Å²) in [5.41, 5.74) is 2.86. The zero-order valence-corrected chi connectivity index (χ0v) is 13.8. The third-order valence-corrected chi connectivity index (χ3v) is 4.06. The van der Waals surface area contributed by atoms with Crippen LogP contribution >= 0.6 is 0 Å². The number of anilines is 1. The van der Waals surface area contributed by atoms with Crippen molar-refractivity contribution in [3.8, 4) is 0 Å². The van der Waals surface area contributed by atoms with Crippen molar-refractivity contribution in [3.05, 3.63) is 72.3 Å². The number of carbonyl (C=O) groups excluding carboxylic acids is 1. The summed E-state index contributed by atoms with van der Waals surface area (Å²) in [5.74, 6) is -0.0365. The highest BCUT2D eigenvalue weighted by Crippen LogP contribution is 2.20. The molecule has 1 atom stereocenters. The summed E-state index contributed by atoms with van der Waals surface area (Å²) in [6.45, 7) is 1.93. The predicted molar refractivity (Wildman–Crippen MR) is 98.5 cm³/mol. The minimum Gasteiger partial charge on any atom is -0.269 e. The molecule has 120 valence electrons. The first-order chi connectivity index (χ1) is 11.7. The van der Waals surface area contributed by atoms with Crippen LogP contribution in [0.25, 0.3) is 6.08 Å². The first-order valence-electron chi connectivity index (χ1n) is 7.89. The number of hydrogen-bond acceptors (Lipinski definition) is 2. The number of hydrazone groups is 1. The van der Waals surface area contributed by atoms with Crippen LogP contribution in [0.15, 0.2) is 71.7 Å². The Bertz CT molecular complexity index is 807. The highest BCUT2D eigenvalue weighted by Gasteiger charge is 2.43. The lowest BCUT2D eigenvalue weighted by Gasteiger charge is -2.10. The third-order valence-electron chi connectivity index (χ3n) is 4.06. The fourth-order valence-electron chi connectivity index (χ4n) is 2.67. The van der Waals surface area contributed by atoms with Gasteiger partial charge in [-0.25, -0.2) is 0 Å². The Kier molecular flexibility index (Phi) is 4.66. The summed E-state index contributed by atoms with van der Waals surface area (Å²) >= 11 is 0. The summed E-state index contributed by atoms with van der Waals surface area (Å²) < 4.78 is 1.86. The van der Waals surface area contributed by atoms with E-state index in [9.17, 15) is 4.79 Å². The minimum absolute atomic E-state index is 0.0365. The Morgan fingerprint density at radius 2 is 1.67 bits per heavy atom. The summed E-state index contributed by atoms with van der Waals surface area (Å²) in [5, 5.41) is 1.66. The molecule has 0 bridgehead atoms. The summed E-state index contributed by atoms with van der Waals surface area (Å²) in [6.07, 6.45) is 5.53. The van der Waals surface area contributed by atoms with Crippen molar-refractivity contribution in [2.75, 3.05) is 12.1 Å². The number of carbonyl (C=O) groups is 1.